The summed E-state index contributed by atoms with van der Waals surface area (Å²) in [6, 6.07) is 1.68. The van der Waals surface area contributed by atoms with Crippen LogP contribution in [-0.4, -0.2) is 19.7 Å². The first kappa shape index (κ1) is 16.0. The van der Waals surface area contributed by atoms with Crippen LogP contribution in [0.2, 0.25) is 0 Å². The first-order valence-electron chi connectivity index (χ1n) is 6.80. The largest absolute Gasteiger partial charge is 0.241 e. The van der Waals surface area contributed by atoms with E-state index in [4.69, 9.17) is 0 Å². The molecule has 1 aromatic carbocycles. The number of benzene rings is 1. The monoisotopic (exact) mass is 353 g/mol. The molecule has 0 N–H and O–H groups in total. The molecule has 1 aliphatic rings. The SMILES string of the molecule is Cc1csc(C2=CCC=C2c2cc(F)c(S(C)(=O)=O)cc2F)n1. The average Bonchev–Trinajstić information content (AvgIpc) is 3.08. The van der Waals surface area contributed by atoms with E-state index >= 15 is 0 Å². The van der Waals surface area contributed by atoms with Crippen molar-refractivity contribution in [3.05, 3.63) is 57.6 Å². The van der Waals surface area contributed by atoms with Crippen molar-refractivity contribution < 1.29 is 17.2 Å². The van der Waals surface area contributed by atoms with Crippen LogP contribution in [0.15, 0.2) is 34.6 Å². The number of aromatic nitrogens is 1. The zero-order valence-electron chi connectivity index (χ0n) is 12.4. The highest BCUT2D eigenvalue weighted by Crippen LogP contribution is 2.39. The number of aryl methyl sites for hydroxylation is 1. The lowest BCUT2D eigenvalue weighted by molar-refractivity contribution is 0.554. The second-order valence-electron chi connectivity index (χ2n) is 5.30. The smallest absolute Gasteiger partial charge is 0.178 e. The summed E-state index contributed by atoms with van der Waals surface area (Å²) in [6.07, 6.45) is 5.13. The van der Waals surface area contributed by atoms with Crippen molar-refractivity contribution in [3.8, 4) is 0 Å². The third kappa shape index (κ3) is 2.98. The number of hydrogen-bond donors (Lipinski definition) is 0. The molecule has 0 unspecified atom stereocenters. The normalized spacial score (nSPS) is 14.8. The highest BCUT2D eigenvalue weighted by Gasteiger charge is 2.23. The van der Waals surface area contributed by atoms with Crippen LogP contribution in [-0.2, 0) is 9.84 Å². The minimum Gasteiger partial charge on any atom is -0.241 e. The van der Waals surface area contributed by atoms with Crippen molar-refractivity contribution in [2.24, 2.45) is 0 Å². The van der Waals surface area contributed by atoms with Gasteiger partial charge in [0.05, 0.1) is 0 Å². The Morgan fingerprint density at radius 2 is 1.83 bits per heavy atom. The Labute approximate surface area is 136 Å². The molecular weight excluding hydrogens is 340 g/mol. The van der Waals surface area contributed by atoms with E-state index < -0.39 is 26.4 Å². The Balaban J connectivity index is 2.09. The molecule has 1 heterocycles. The number of rotatable bonds is 3. The molecular formula is C16H13F2NO2S2. The summed E-state index contributed by atoms with van der Waals surface area (Å²) >= 11 is 1.43. The van der Waals surface area contributed by atoms with Crippen molar-refractivity contribution >= 4 is 32.3 Å². The van der Waals surface area contributed by atoms with E-state index in [2.05, 4.69) is 4.98 Å². The van der Waals surface area contributed by atoms with Gasteiger partial charge >= 0.3 is 0 Å². The van der Waals surface area contributed by atoms with E-state index in [1.807, 2.05) is 18.4 Å². The van der Waals surface area contributed by atoms with Gasteiger partial charge in [-0.05, 0) is 31.1 Å². The summed E-state index contributed by atoms with van der Waals surface area (Å²) < 4.78 is 51.5. The molecule has 7 heteroatoms. The number of allylic oxidation sites excluding steroid dienone is 4. The first-order valence-corrected chi connectivity index (χ1v) is 9.57. The van der Waals surface area contributed by atoms with Gasteiger partial charge < -0.3 is 0 Å². The molecule has 1 aliphatic carbocycles. The highest BCUT2D eigenvalue weighted by atomic mass is 32.2. The average molecular weight is 353 g/mol. The van der Waals surface area contributed by atoms with Crippen molar-refractivity contribution in [2.45, 2.75) is 18.2 Å². The summed E-state index contributed by atoms with van der Waals surface area (Å²) in [4.78, 5) is 3.74. The van der Waals surface area contributed by atoms with Crippen molar-refractivity contribution in [1.82, 2.24) is 4.98 Å². The van der Waals surface area contributed by atoms with Gasteiger partial charge in [-0.1, -0.05) is 12.2 Å². The van der Waals surface area contributed by atoms with Crippen LogP contribution < -0.4 is 0 Å². The quantitative estimate of drug-likeness (QED) is 0.838. The third-order valence-electron chi connectivity index (χ3n) is 3.49. The molecule has 0 spiro atoms. The molecule has 0 atom stereocenters. The Morgan fingerprint density at radius 3 is 2.43 bits per heavy atom. The van der Waals surface area contributed by atoms with Gasteiger partial charge in [0, 0.05) is 28.5 Å². The number of thiazole rings is 1. The van der Waals surface area contributed by atoms with Crippen molar-refractivity contribution in [2.75, 3.05) is 6.26 Å². The molecule has 0 saturated carbocycles. The second kappa shape index (κ2) is 5.65. The molecule has 0 amide bonds. The lowest BCUT2D eigenvalue weighted by atomic mass is 10.0. The molecule has 3 nitrogen and oxygen atoms in total. The zero-order chi connectivity index (χ0) is 16.8. The summed E-state index contributed by atoms with van der Waals surface area (Å²) in [5.74, 6) is -1.72. The van der Waals surface area contributed by atoms with Gasteiger partial charge in [0.2, 0.25) is 0 Å². The molecule has 2 aromatic rings. The predicted octanol–water partition coefficient (Wildman–Crippen LogP) is 4.00. The van der Waals surface area contributed by atoms with Gasteiger partial charge in [-0.25, -0.2) is 22.2 Å². The minimum atomic E-state index is -3.82. The topological polar surface area (TPSA) is 47.0 Å². The lowest BCUT2D eigenvalue weighted by Crippen LogP contribution is -2.04. The van der Waals surface area contributed by atoms with Crippen molar-refractivity contribution in [1.29, 1.82) is 0 Å². The van der Waals surface area contributed by atoms with Crippen molar-refractivity contribution in [3.63, 3.8) is 0 Å². The highest BCUT2D eigenvalue weighted by molar-refractivity contribution is 7.90. The maximum absolute atomic E-state index is 14.4. The van der Waals surface area contributed by atoms with E-state index in [0.717, 1.165) is 34.7 Å². The van der Waals surface area contributed by atoms with Crippen LogP contribution >= 0.6 is 11.3 Å². The third-order valence-corrected chi connectivity index (χ3v) is 5.60. The molecule has 0 fully saturated rings. The fourth-order valence-corrected chi connectivity index (χ4v) is 4.05. The number of nitrogens with zero attached hydrogens (tertiary/aromatic N) is 1. The summed E-state index contributed by atoms with van der Waals surface area (Å²) in [5.41, 5.74) is 2.19. The fraction of sp³-hybridized carbons (Fsp3) is 0.188. The number of hydrogen-bond acceptors (Lipinski definition) is 4. The van der Waals surface area contributed by atoms with Gasteiger partial charge in [0.1, 0.15) is 21.5 Å². The van der Waals surface area contributed by atoms with Crippen LogP contribution in [0, 0.1) is 18.6 Å². The van der Waals surface area contributed by atoms with Gasteiger partial charge in [-0.2, -0.15) is 0 Å². The van der Waals surface area contributed by atoms with Gasteiger partial charge in [-0.3, -0.25) is 0 Å². The molecule has 1 aromatic heterocycles. The number of halogens is 2. The lowest BCUT2D eigenvalue weighted by Gasteiger charge is -2.10. The number of sulfone groups is 1. The maximum atomic E-state index is 14.4. The fourth-order valence-electron chi connectivity index (χ4n) is 2.47. The summed E-state index contributed by atoms with van der Waals surface area (Å²) in [6.45, 7) is 1.86. The van der Waals surface area contributed by atoms with Gasteiger partial charge in [0.25, 0.3) is 0 Å². The van der Waals surface area contributed by atoms with Crippen LogP contribution in [0.4, 0.5) is 8.78 Å². The first-order chi connectivity index (χ1) is 10.8. The van der Waals surface area contributed by atoms with E-state index in [9.17, 15) is 17.2 Å². The van der Waals surface area contributed by atoms with Gasteiger partial charge in [0.15, 0.2) is 9.84 Å². The van der Waals surface area contributed by atoms with Crippen LogP contribution in [0.3, 0.4) is 0 Å². The van der Waals surface area contributed by atoms with E-state index in [1.54, 1.807) is 6.08 Å². The Bertz CT molecular complexity index is 956. The minimum absolute atomic E-state index is 0.0477. The van der Waals surface area contributed by atoms with Gasteiger partial charge in [-0.15, -0.1) is 11.3 Å². The predicted molar refractivity (Wildman–Crippen MR) is 86.9 cm³/mol. The Kier molecular flexibility index (Phi) is 3.93. The van der Waals surface area contributed by atoms with E-state index in [0.29, 0.717) is 12.0 Å². The Hall–Kier alpha value is -1.86. The van der Waals surface area contributed by atoms with E-state index in [1.165, 1.54) is 11.3 Å². The second-order valence-corrected chi connectivity index (χ2v) is 8.14. The summed E-state index contributed by atoms with van der Waals surface area (Å²) in [5, 5.41) is 2.62. The molecule has 120 valence electrons. The molecule has 0 radical (unpaired) electrons. The molecule has 0 bridgehead atoms. The van der Waals surface area contributed by atoms with Crippen LogP contribution in [0.1, 0.15) is 22.7 Å². The standard InChI is InChI=1S/C16H13F2NO2S2/c1-9-8-22-16(19-9)11-5-3-4-10(11)12-6-14(18)15(7-13(12)17)23(2,20)21/h4-8H,3H2,1-2H3. The molecule has 0 saturated heterocycles. The Morgan fingerprint density at radius 1 is 1.13 bits per heavy atom. The van der Waals surface area contributed by atoms with E-state index in [-0.39, 0.29) is 5.56 Å². The summed E-state index contributed by atoms with van der Waals surface area (Å²) in [7, 11) is -3.82. The molecule has 23 heavy (non-hydrogen) atoms. The maximum Gasteiger partial charge on any atom is 0.178 e. The van der Waals surface area contributed by atoms with Crippen LogP contribution in [0.5, 0.6) is 0 Å². The molecule has 0 aliphatic heterocycles. The molecule has 3 rings (SSSR count). The zero-order valence-corrected chi connectivity index (χ0v) is 14.1. The van der Waals surface area contributed by atoms with Crippen LogP contribution in [0.25, 0.3) is 11.1 Å².